The summed E-state index contributed by atoms with van der Waals surface area (Å²) in [4.78, 5) is 26.8. The minimum absolute atomic E-state index is 0.0957. The number of hydrogen-bond acceptors (Lipinski definition) is 5. The zero-order valence-electron chi connectivity index (χ0n) is 17.0. The monoisotopic (exact) mass is 400 g/mol. The lowest BCUT2D eigenvalue weighted by molar-refractivity contribution is -0.131. The van der Waals surface area contributed by atoms with Crippen LogP contribution in [0, 0.1) is 5.41 Å². The predicted molar refractivity (Wildman–Crippen MR) is 110 cm³/mol. The summed E-state index contributed by atoms with van der Waals surface area (Å²) in [6.45, 7) is 7.21. The third-order valence-electron chi connectivity index (χ3n) is 5.55. The summed E-state index contributed by atoms with van der Waals surface area (Å²) in [6.07, 6.45) is 3.35. The van der Waals surface area contributed by atoms with Crippen molar-refractivity contribution in [1.29, 1.82) is 0 Å². The second-order valence-electron chi connectivity index (χ2n) is 7.81. The molecule has 1 aromatic heterocycles. The van der Waals surface area contributed by atoms with Gasteiger partial charge in [-0.15, -0.1) is 10.2 Å². The molecule has 2 heterocycles. The summed E-state index contributed by atoms with van der Waals surface area (Å²) in [6, 6.07) is 8.17. The van der Waals surface area contributed by atoms with Crippen LogP contribution in [0.2, 0.25) is 0 Å². The van der Waals surface area contributed by atoms with Crippen LogP contribution in [0.1, 0.15) is 50.0 Å². The highest BCUT2D eigenvalue weighted by molar-refractivity contribution is 7.99. The van der Waals surface area contributed by atoms with Crippen LogP contribution < -0.4 is 0 Å². The van der Waals surface area contributed by atoms with E-state index >= 15 is 0 Å². The standard InChI is InChI=1S/C21H28N4O2S/c1-5-18(26)21(3)9-10-25(13-21)19(27)12-16-7-6-8-17(11-16)15(2)28-20-23-22-14-24(20)4/h6-8,11,14-15H,5,9-10,12-13H2,1-4H3/t15-,21?/m0/s1. The van der Waals surface area contributed by atoms with Crippen LogP contribution in [-0.2, 0) is 23.1 Å². The Balaban J connectivity index is 1.64. The molecule has 3 rings (SSSR count). The summed E-state index contributed by atoms with van der Waals surface area (Å²) in [5.41, 5.74) is 1.78. The molecule has 6 nitrogen and oxygen atoms in total. The fraction of sp³-hybridized carbons (Fsp3) is 0.524. The topological polar surface area (TPSA) is 68.1 Å². The van der Waals surface area contributed by atoms with E-state index in [1.807, 2.05) is 42.5 Å². The van der Waals surface area contributed by atoms with Crippen LogP contribution in [0.3, 0.4) is 0 Å². The molecular weight excluding hydrogens is 372 g/mol. The average molecular weight is 401 g/mol. The molecule has 150 valence electrons. The second-order valence-corrected chi connectivity index (χ2v) is 9.12. The number of aryl methyl sites for hydroxylation is 1. The van der Waals surface area contributed by atoms with Gasteiger partial charge in [0.25, 0.3) is 0 Å². The molecule has 1 fully saturated rings. The number of aromatic nitrogens is 3. The molecule has 0 saturated carbocycles. The van der Waals surface area contributed by atoms with Crippen LogP contribution in [0.25, 0.3) is 0 Å². The first-order valence-corrected chi connectivity index (χ1v) is 10.6. The number of benzene rings is 1. The molecular formula is C21H28N4O2S. The third kappa shape index (κ3) is 4.46. The van der Waals surface area contributed by atoms with Gasteiger partial charge in [0.2, 0.25) is 5.91 Å². The van der Waals surface area contributed by atoms with Gasteiger partial charge in [-0.2, -0.15) is 0 Å². The van der Waals surface area contributed by atoms with Crippen molar-refractivity contribution in [2.75, 3.05) is 13.1 Å². The van der Waals surface area contributed by atoms with Gasteiger partial charge in [-0.3, -0.25) is 9.59 Å². The quantitative estimate of drug-likeness (QED) is 0.666. The minimum Gasteiger partial charge on any atom is -0.341 e. The van der Waals surface area contributed by atoms with Crippen molar-refractivity contribution in [2.24, 2.45) is 12.5 Å². The van der Waals surface area contributed by atoms with Crippen molar-refractivity contribution in [3.8, 4) is 0 Å². The Labute approximate surface area is 170 Å². The van der Waals surface area contributed by atoms with E-state index in [-0.39, 0.29) is 22.4 Å². The number of amides is 1. The maximum Gasteiger partial charge on any atom is 0.227 e. The lowest BCUT2D eigenvalue weighted by atomic mass is 9.84. The molecule has 1 unspecified atom stereocenters. The highest BCUT2D eigenvalue weighted by atomic mass is 32.2. The maximum absolute atomic E-state index is 12.8. The Bertz CT molecular complexity index is 866. The zero-order valence-corrected chi connectivity index (χ0v) is 17.8. The van der Waals surface area contributed by atoms with Gasteiger partial charge in [0.05, 0.1) is 6.42 Å². The first kappa shape index (κ1) is 20.6. The van der Waals surface area contributed by atoms with Gasteiger partial charge in [0, 0.05) is 37.2 Å². The molecule has 2 aromatic rings. The summed E-state index contributed by atoms with van der Waals surface area (Å²) in [5, 5.41) is 9.11. The van der Waals surface area contributed by atoms with Crippen LogP contribution in [0.15, 0.2) is 35.7 Å². The molecule has 2 atom stereocenters. The number of nitrogens with zero attached hydrogens (tertiary/aromatic N) is 4. The molecule has 0 aliphatic carbocycles. The molecule has 28 heavy (non-hydrogen) atoms. The number of carbonyl (C=O) groups is 2. The highest BCUT2D eigenvalue weighted by Crippen LogP contribution is 2.34. The predicted octanol–water partition coefficient (Wildman–Crippen LogP) is 3.43. The van der Waals surface area contributed by atoms with Gasteiger partial charge in [-0.25, -0.2) is 0 Å². The van der Waals surface area contributed by atoms with Crippen molar-refractivity contribution in [1.82, 2.24) is 19.7 Å². The smallest absolute Gasteiger partial charge is 0.227 e. The molecule has 1 aliphatic rings. The first-order valence-electron chi connectivity index (χ1n) is 9.73. The SMILES string of the molecule is CCC(=O)C1(C)CCN(C(=O)Cc2cccc([C@H](C)Sc3nncn3C)c2)C1. The average Bonchev–Trinajstić information content (AvgIpc) is 3.28. The molecule has 1 aromatic carbocycles. The van der Waals surface area contributed by atoms with Crippen LogP contribution >= 0.6 is 11.8 Å². The van der Waals surface area contributed by atoms with E-state index in [1.165, 1.54) is 0 Å². The number of rotatable bonds is 7. The number of hydrogen-bond donors (Lipinski definition) is 0. The minimum atomic E-state index is -0.381. The Kier molecular flexibility index (Phi) is 6.23. The maximum atomic E-state index is 12.8. The van der Waals surface area contributed by atoms with Crippen molar-refractivity contribution >= 4 is 23.5 Å². The summed E-state index contributed by atoms with van der Waals surface area (Å²) in [7, 11) is 1.93. The Morgan fingerprint density at radius 1 is 1.36 bits per heavy atom. The number of ketones is 1. The molecule has 0 N–H and O–H groups in total. The fourth-order valence-electron chi connectivity index (χ4n) is 3.68. The lowest BCUT2D eigenvalue weighted by Gasteiger charge is -2.23. The number of carbonyl (C=O) groups excluding carboxylic acids is 2. The van der Waals surface area contributed by atoms with Crippen molar-refractivity contribution < 1.29 is 9.59 Å². The van der Waals surface area contributed by atoms with Crippen LogP contribution in [0.5, 0.6) is 0 Å². The number of thioether (sulfide) groups is 1. The van der Waals surface area contributed by atoms with E-state index in [4.69, 9.17) is 0 Å². The first-order chi connectivity index (χ1) is 13.3. The van der Waals surface area contributed by atoms with Crippen LogP contribution in [0.4, 0.5) is 0 Å². The van der Waals surface area contributed by atoms with Crippen molar-refractivity contribution in [3.63, 3.8) is 0 Å². The Morgan fingerprint density at radius 2 is 2.14 bits per heavy atom. The highest BCUT2D eigenvalue weighted by Gasteiger charge is 2.40. The second kappa shape index (κ2) is 8.47. The van der Waals surface area contributed by atoms with E-state index in [9.17, 15) is 9.59 Å². The largest absolute Gasteiger partial charge is 0.341 e. The van der Waals surface area contributed by atoms with E-state index in [0.29, 0.717) is 25.9 Å². The van der Waals surface area contributed by atoms with Crippen molar-refractivity contribution in [3.05, 3.63) is 41.7 Å². The van der Waals surface area contributed by atoms with Gasteiger partial charge >= 0.3 is 0 Å². The molecule has 1 aliphatic heterocycles. The number of Topliss-reactive ketones (excluding diaryl/α,β-unsaturated/α-hetero) is 1. The summed E-state index contributed by atoms with van der Waals surface area (Å²) >= 11 is 1.64. The van der Waals surface area contributed by atoms with E-state index in [2.05, 4.69) is 29.3 Å². The van der Waals surface area contributed by atoms with Gasteiger partial charge in [0.15, 0.2) is 5.16 Å². The molecule has 0 spiro atoms. The summed E-state index contributed by atoms with van der Waals surface area (Å²) in [5.74, 6) is 0.345. The molecule has 1 amide bonds. The van der Waals surface area contributed by atoms with E-state index < -0.39 is 0 Å². The van der Waals surface area contributed by atoms with Gasteiger partial charge in [0.1, 0.15) is 12.1 Å². The number of likely N-dealkylation sites (tertiary alicyclic amines) is 1. The van der Waals surface area contributed by atoms with Gasteiger partial charge in [-0.05, 0) is 24.5 Å². The molecule has 0 radical (unpaired) electrons. The Hall–Kier alpha value is -2.15. The third-order valence-corrected chi connectivity index (χ3v) is 6.75. The zero-order chi connectivity index (χ0) is 20.3. The lowest BCUT2D eigenvalue weighted by Crippen LogP contribution is -2.35. The summed E-state index contributed by atoms with van der Waals surface area (Å²) < 4.78 is 1.90. The van der Waals surface area contributed by atoms with E-state index in [0.717, 1.165) is 22.7 Å². The van der Waals surface area contributed by atoms with Gasteiger partial charge in [-0.1, -0.05) is 49.9 Å². The molecule has 7 heteroatoms. The fourth-order valence-corrected chi connectivity index (χ4v) is 4.58. The molecule has 1 saturated heterocycles. The van der Waals surface area contributed by atoms with Gasteiger partial charge < -0.3 is 9.47 Å². The Morgan fingerprint density at radius 3 is 2.82 bits per heavy atom. The normalized spacial score (nSPS) is 20.4. The molecule has 0 bridgehead atoms. The van der Waals surface area contributed by atoms with Crippen LogP contribution in [-0.4, -0.2) is 44.4 Å². The van der Waals surface area contributed by atoms with Crippen molar-refractivity contribution in [2.45, 2.75) is 50.4 Å². The van der Waals surface area contributed by atoms with E-state index in [1.54, 1.807) is 18.1 Å².